The van der Waals surface area contributed by atoms with Crippen LogP contribution in [0.15, 0.2) is 29.2 Å². The van der Waals surface area contributed by atoms with Gasteiger partial charge in [0.2, 0.25) is 10.0 Å². The van der Waals surface area contributed by atoms with Crippen molar-refractivity contribution in [1.82, 2.24) is 4.31 Å². The second kappa shape index (κ2) is 7.68. The third-order valence-corrected chi connectivity index (χ3v) is 5.27. The van der Waals surface area contributed by atoms with Gasteiger partial charge >= 0.3 is 0 Å². The van der Waals surface area contributed by atoms with Crippen molar-refractivity contribution in [1.29, 1.82) is 0 Å². The van der Waals surface area contributed by atoms with Gasteiger partial charge in [0.15, 0.2) is 5.78 Å². The van der Waals surface area contributed by atoms with E-state index in [0.29, 0.717) is 18.4 Å². The number of carbonyl (C=O) groups is 1. The minimum Gasteiger partial charge on any atom is -0.396 e. The van der Waals surface area contributed by atoms with Crippen molar-refractivity contribution >= 4 is 15.8 Å². The quantitative estimate of drug-likeness (QED) is 0.746. The van der Waals surface area contributed by atoms with Gasteiger partial charge in [0.25, 0.3) is 0 Å². The fourth-order valence-electron chi connectivity index (χ4n) is 2.05. The molecule has 21 heavy (non-hydrogen) atoms. The van der Waals surface area contributed by atoms with E-state index in [0.717, 1.165) is 0 Å². The van der Waals surface area contributed by atoms with E-state index in [4.69, 9.17) is 5.11 Å². The molecule has 0 atom stereocenters. The zero-order chi connectivity index (χ0) is 16.0. The lowest BCUT2D eigenvalue weighted by molar-refractivity contribution is 0.0988. The van der Waals surface area contributed by atoms with E-state index in [-0.39, 0.29) is 29.9 Å². The fourth-order valence-corrected chi connectivity index (χ4v) is 3.77. The Morgan fingerprint density at radius 1 is 1.33 bits per heavy atom. The highest BCUT2D eigenvalue weighted by atomic mass is 32.2. The number of hydrogen-bond donors (Lipinski definition) is 1. The van der Waals surface area contributed by atoms with Crippen LogP contribution < -0.4 is 0 Å². The molecule has 0 fully saturated rings. The van der Waals surface area contributed by atoms with E-state index in [1.54, 1.807) is 32.9 Å². The van der Waals surface area contributed by atoms with Crippen LogP contribution in [0.3, 0.4) is 0 Å². The van der Waals surface area contributed by atoms with Gasteiger partial charge in [-0.05, 0) is 32.4 Å². The van der Waals surface area contributed by atoms with Gasteiger partial charge in [0.1, 0.15) is 0 Å². The molecule has 0 radical (unpaired) electrons. The van der Waals surface area contributed by atoms with Crippen molar-refractivity contribution in [2.75, 3.05) is 13.2 Å². The number of Topliss-reactive ketones (excluding diaryl/α,β-unsaturated/α-hetero) is 1. The summed E-state index contributed by atoms with van der Waals surface area (Å²) in [6.45, 7) is 5.51. The smallest absolute Gasteiger partial charge is 0.243 e. The second-order valence-electron chi connectivity index (χ2n) is 5.09. The molecule has 0 unspecified atom stereocenters. The number of hydrogen-bond acceptors (Lipinski definition) is 4. The predicted octanol–water partition coefficient (Wildman–Crippen LogP) is 2.06. The predicted molar refractivity (Wildman–Crippen MR) is 81.8 cm³/mol. The summed E-state index contributed by atoms with van der Waals surface area (Å²) in [6.07, 6.45) is 0.715. The summed E-state index contributed by atoms with van der Waals surface area (Å²) in [5, 5.41) is 8.92. The van der Waals surface area contributed by atoms with Crippen LogP contribution in [0.4, 0.5) is 0 Å². The van der Waals surface area contributed by atoms with Crippen LogP contribution >= 0.6 is 0 Å². The second-order valence-corrected chi connectivity index (χ2v) is 6.98. The molecule has 118 valence electrons. The third-order valence-electron chi connectivity index (χ3n) is 3.20. The van der Waals surface area contributed by atoms with E-state index in [1.807, 2.05) is 0 Å². The lowest BCUT2D eigenvalue weighted by Gasteiger charge is -2.25. The lowest BCUT2D eigenvalue weighted by Crippen LogP contribution is -2.38. The number of aliphatic hydroxyl groups is 1. The molecule has 6 heteroatoms. The van der Waals surface area contributed by atoms with Gasteiger partial charge in [-0.1, -0.05) is 19.1 Å². The number of carbonyl (C=O) groups excluding carboxylic acids is 1. The fraction of sp³-hybridized carbons (Fsp3) is 0.533. The minimum atomic E-state index is -3.67. The van der Waals surface area contributed by atoms with E-state index >= 15 is 0 Å². The molecule has 1 rings (SSSR count). The molecule has 1 aromatic carbocycles. The number of benzene rings is 1. The molecular weight excluding hydrogens is 290 g/mol. The largest absolute Gasteiger partial charge is 0.396 e. The van der Waals surface area contributed by atoms with E-state index in [9.17, 15) is 13.2 Å². The van der Waals surface area contributed by atoms with Crippen LogP contribution in [-0.4, -0.2) is 42.8 Å². The summed E-state index contributed by atoms with van der Waals surface area (Å²) in [5.74, 6) is -0.0847. The standard InChI is InChI=1S/C15H23NO4S/c1-4-15(18)13-7-5-8-14(11-13)21(19,20)16(12(2)3)9-6-10-17/h5,7-8,11-12,17H,4,6,9-10H2,1-3H3. The van der Waals surface area contributed by atoms with Gasteiger partial charge in [-0.25, -0.2) is 8.42 Å². The molecule has 0 saturated heterocycles. The normalized spacial score (nSPS) is 12.1. The molecule has 0 aliphatic carbocycles. The maximum atomic E-state index is 12.7. The molecule has 0 aliphatic rings. The van der Waals surface area contributed by atoms with Gasteiger partial charge in [0.05, 0.1) is 4.90 Å². The Kier molecular flexibility index (Phi) is 6.51. The Morgan fingerprint density at radius 3 is 2.52 bits per heavy atom. The average molecular weight is 313 g/mol. The monoisotopic (exact) mass is 313 g/mol. The number of sulfonamides is 1. The van der Waals surface area contributed by atoms with Crippen molar-refractivity contribution in [3.63, 3.8) is 0 Å². The first-order valence-electron chi connectivity index (χ1n) is 7.10. The summed E-state index contributed by atoms with van der Waals surface area (Å²) >= 11 is 0. The highest BCUT2D eigenvalue weighted by molar-refractivity contribution is 7.89. The van der Waals surface area contributed by atoms with Gasteiger partial charge in [0, 0.05) is 31.2 Å². The molecular formula is C15H23NO4S. The van der Waals surface area contributed by atoms with E-state index in [1.165, 1.54) is 16.4 Å². The topological polar surface area (TPSA) is 74.7 Å². The molecule has 0 saturated carbocycles. The molecule has 0 aliphatic heterocycles. The van der Waals surface area contributed by atoms with Crippen LogP contribution in [0.5, 0.6) is 0 Å². The first-order chi connectivity index (χ1) is 9.84. The van der Waals surface area contributed by atoms with Crippen molar-refractivity contribution in [2.24, 2.45) is 0 Å². The van der Waals surface area contributed by atoms with Gasteiger partial charge in [-0.2, -0.15) is 4.31 Å². The Balaban J connectivity index is 3.18. The first kappa shape index (κ1) is 17.8. The molecule has 1 N–H and O–H groups in total. The van der Waals surface area contributed by atoms with Crippen molar-refractivity contribution in [3.05, 3.63) is 29.8 Å². The first-order valence-corrected chi connectivity index (χ1v) is 8.54. The van der Waals surface area contributed by atoms with Crippen molar-refractivity contribution in [2.45, 2.75) is 44.6 Å². The summed E-state index contributed by atoms with van der Waals surface area (Å²) in [5.41, 5.74) is 0.407. The van der Waals surface area contributed by atoms with Crippen LogP contribution in [0.1, 0.15) is 44.0 Å². The summed E-state index contributed by atoms with van der Waals surface area (Å²) in [7, 11) is -3.67. The van der Waals surface area contributed by atoms with Crippen LogP contribution in [0, 0.1) is 0 Å². The molecule has 0 heterocycles. The molecule has 1 aromatic rings. The van der Waals surface area contributed by atoms with Gasteiger partial charge in [-0.15, -0.1) is 0 Å². The molecule has 0 spiro atoms. The Morgan fingerprint density at radius 2 is 2.00 bits per heavy atom. The number of rotatable bonds is 8. The van der Waals surface area contributed by atoms with Crippen molar-refractivity contribution in [3.8, 4) is 0 Å². The Hall–Kier alpha value is -1.24. The summed E-state index contributed by atoms with van der Waals surface area (Å²) in [4.78, 5) is 11.8. The maximum absolute atomic E-state index is 12.7. The third kappa shape index (κ3) is 4.36. The van der Waals surface area contributed by atoms with E-state index < -0.39 is 10.0 Å². The highest BCUT2D eigenvalue weighted by Crippen LogP contribution is 2.20. The maximum Gasteiger partial charge on any atom is 0.243 e. The Labute approximate surface area is 126 Å². The van der Waals surface area contributed by atoms with Crippen molar-refractivity contribution < 1.29 is 18.3 Å². The van der Waals surface area contributed by atoms with E-state index in [2.05, 4.69) is 0 Å². The zero-order valence-corrected chi connectivity index (χ0v) is 13.6. The number of aliphatic hydroxyl groups excluding tert-OH is 1. The number of nitrogens with zero attached hydrogens (tertiary/aromatic N) is 1. The van der Waals surface area contributed by atoms with Crippen LogP contribution in [-0.2, 0) is 10.0 Å². The molecule has 0 amide bonds. The van der Waals surface area contributed by atoms with Gasteiger partial charge in [-0.3, -0.25) is 4.79 Å². The highest BCUT2D eigenvalue weighted by Gasteiger charge is 2.27. The minimum absolute atomic E-state index is 0.0624. The lowest BCUT2D eigenvalue weighted by atomic mass is 10.1. The number of ketones is 1. The van der Waals surface area contributed by atoms with Gasteiger partial charge < -0.3 is 5.11 Å². The Bertz CT molecular complexity index is 581. The molecule has 0 bridgehead atoms. The molecule has 0 aromatic heterocycles. The SMILES string of the molecule is CCC(=O)c1cccc(S(=O)(=O)N(CCCO)C(C)C)c1. The summed E-state index contributed by atoms with van der Waals surface area (Å²) in [6, 6.07) is 5.91. The molecule has 5 nitrogen and oxygen atoms in total. The van der Waals surface area contributed by atoms with Crippen LogP contribution in [0.2, 0.25) is 0 Å². The van der Waals surface area contributed by atoms with Crippen LogP contribution in [0.25, 0.3) is 0 Å². The summed E-state index contributed by atoms with van der Waals surface area (Å²) < 4.78 is 26.7. The average Bonchev–Trinajstić information content (AvgIpc) is 2.46. The zero-order valence-electron chi connectivity index (χ0n) is 12.7.